The normalized spacial score (nSPS) is 16.3. The van der Waals surface area contributed by atoms with Crippen LogP contribution in [0.3, 0.4) is 0 Å². The first-order valence-corrected chi connectivity index (χ1v) is 10.3. The average Bonchev–Trinajstić information content (AvgIpc) is 3.03. The van der Waals surface area contributed by atoms with Gasteiger partial charge in [-0.15, -0.1) is 0 Å². The summed E-state index contributed by atoms with van der Waals surface area (Å²) in [5.41, 5.74) is 2.88. The zero-order valence-corrected chi connectivity index (χ0v) is 15.9. The maximum Gasteiger partial charge on any atom is 0.243 e. The number of para-hydroxylation sites is 1. The van der Waals surface area contributed by atoms with E-state index in [9.17, 15) is 8.42 Å². The first-order chi connectivity index (χ1) is 13.1. The Morgan fingerprint density at radius 1 is 1.04 bits per heavy atom. The van der Waals surface area contributed by atoms with Gasteiger partial charge in [0.25, 0.3) is 0 Å². The number of aryl methyl sites for hydroxylation is 1. The summed E-state index contributed by atoms with van der Waals surface area (Å²) in [5.74, 6) is 0. The first kappa shape index (κ1) is 17.9. The van der Waals surface area contributed by atoms with E-state index in [1.165, 1.54) is 4.31 Å². The molecule has 0 spiro atoms. The Balaban J connectivity index is 1.56. The molecule has 0 amide bonds. The molecule has 0 saturated carbocycles. The van der Waals surface area contributed by atoms with Crippen LogP contribution in [0.5, 0.6) is 0 Å². The van der Waals surface area contributed by atoms with Crippen LogP contribution < -0.4 is 0 Å². The summed E-state index contributed by atoms with van der Waals surface area (Å²) in [5, 5.41) is 1.13. The second kappa shape index (κ2) is 7.26. The van der Waals surface area contributed by atoms with Crippen LogP contribution in [0.1, 0.15) is 5.56 Å². The van der Waals surface area contributed by atoms with Crippen molar-refractivity contribution in [1.29, 1.82) is 0 Å². The molecule has 3 aromatic rings. The molecular weight excluding hydrogens is 362 g/mol. The Labute approximate surface area is 158 Å². The Hall–Kier alpha value is -2.48. The fourth-order valence-corrected chi connectivity index (χ4v) is 4.67. The van der Waals surface area contributed by atoms with Crippen LogP contribution in [0.2, 0.25) is 0 Å². The molecule has 27 heavy (non-hydrogen) atoms. The largest absolute Gasteiger partial charge is 0.379 e. The Morgan fingerprint density at radius 3 is 2.48 bits per heavy atom. The van der Waals surface area contributed by atoms with E-state index >= 15 is 0 Å². The van der Waals surface area contributed by atoms with Crippen LogP contribution in [-0.2, 0) is 21.8 Å². The third kappa shape index (κ3) is 3.53. The molecule has 1 fully saturated rings. The zero-order valence-electron chi connectivity index (χ0n) is 15.1. The van der Waals surface area contributed by atoms with E-state index in [1.54, 1.807) is 24.3 Å². The molecule has 1 saturated heterocycles. The maximum atomic E-state index is 12.7. The molecule has 1 aliphatic heterocycles. The number of aromatic nitrogens is 1. The lowest BCUT2D eigenvalue weighted by molar-refractivity contribution is 0.0730. The highest BCUT2D eigenvalue weighted by Gasteiger charge is 2.25. The fraction of sp³-hybridized carbons (Fsp3) is 0.250. The van der Waals surface area contributed by atoms with Gasteiger partial charge in [-0.3, -0.25) is 4.99 Å². The van der Waals surface area contributed by atoms with Crippen molar-refractivity contribution in [3.05, 3.63) is 60.3 Å². The molecule has 0 bridgehead atoms. The number of sulfonamides is 1. The van der Waals surface area contributed by atoms with Crippen molar-refractivity contribution in [2.75, 3.05) is 26.3 Å². The van der Waals surface area contributed by atoms with Crippen molar-refractivity contribution in [2.24, 2.45) is 12.0 Å². The molecule has 0 N–H and O–H groups in total. The number of benzene rings is 2. The molecule has 6 nitrogen and oxygen atoms in total. The summed E-state index contributed by atoms with van der Waals surface area (Å²) in [7, 11) is -1.47. The van der Waals surface area contributed by atoms with Crippen LogP contribution >= 0.6 is 0 Å². The third-order valence-corrected chi connectivity index (χ3v) is 6.64. The number of fused-ring (bicyclic) bond motifs is 1. The lowest BCUT2D eigenvalue weighted by atomic mass is 10.2. The monoisotopic (exact) mass is 383 g/mol. The maximum absolute atomic E-state index is 12.7. The van der Waals surface area contributed by atoms with Crippen molar-refractivity contribution in [3.63, 3.8) is 0 Å². The Bertz CT molecular complexity index is 1080. The van der Waals surface area contributed by atoms with E-state index < -0.39 is 10.0 Å². The number of hydrogen-bond acceptors (Lipinski definition) is 4. The number of rotatable bonds is 4. The summed E-state index contributed by atoms with van der Waals surface area (Å²) in [6, 6.07) is 14.8. The standard InChI is InChI=1S/C20H21N3O3S/c1-22-15-16(19-4-2-3-5-20(19)22)14-21-17-6-8-18(9-7-17)27(24,25)23-10-12-26-13-11-23/h2-9,14-15H,10-13H2,1H3. The third-order valence-electron chi connectivity index (χ3n) is 4.73. The fourth-order valence-electron chi connectivity index (χ4n) is 3.26. The molecule has 0 aliphatic carbocycles. The highest BCUT2D eigenvalue weighted by molar-refractivity contribution is 7.89. The van der Waals surface area contributed by atoms with Crippen molar-refractivity contribution >= 4 is 32.8 Å². The molecule has 140 valence electrons. The molecular formula is C20H21N3O3S. The van der Waals surface area contributed by atoms with Crippen molar-refractivity contribution < 1.29 is 13.2 Å². The van der Waals surface area contributed by atoms with Gasteiger partial charge in [0.1, 0.15) is 0 Å². The SMILES string of the molecule is Cn1cc(C=Nc2ccc(S(=O)(=O)N3CCOCC3)cc2)c2ccccc21. The van der Waals surface area contributed by atoms with E-state index in [-0.39, 0.29) is 4.90 Å². The number of hydrogen-bond donors (Lipinski definition) is 0. The molecule has 4 rings (SSSR count). The second-order valence-corrected chi connectivity index (χ2v) is 8.42. The van der Waals surface area contributed by atoms with E-state index in [2.05, 4.69) is 21.7 Å². The van der Waals surface area contributed by atoms with Gasteiger partial charge in [0.15, 0.2) is 0 Å². The first-order valence-electron chi connectivity index (χ1n) is 8.82. The van der Waals surface area contributed by atoms with E-state index in [1.807, 2.05) is 31.6 Å². The van der Waals surface area contributed by atoms with Gasteiger partial charge in [0, 0.05) is 49.0 Å². The minimum absolute atomic E-state index is 0.286. The van der Waals surface area contributed by atoms with Gasteiger partial charge in [-0.2, -0.15) is 4.31 Å². The van der Waals surface area contributed by atoms with Crippen LogP contribution in [0.4, 0.5) is 5.69 Å². The van der Waals surface area contributed by atoms with Gasteiger partial charge in [0.2, 0.25) is 10.0 Å². The second-order valence-electron chi connectivity index (χ2n) is 6.48. The predicted molar refractivity (Wildman–Crippen MR) is 106 cm³/mol. The Kier molecular flexibility index (Phi) is 4.82. The van der Waals surface area contributed by atoms with Gasteiger partial charge in [-0.25, -0.2) is 8.42 Å². The number of nitrogens with zero attached hydrogens (tertiary/aromatic N) is 3. The molecule has 2 heterocycles. The smallest absolute Gasteiger partial charge is 0.243 e. The number of aliphatic imine (C=N–C) groups is 1. The van der Waals surface area contributed by atoms with Gasteiger partial charge in [-0.05, 0) is 30.3 Å². The van der Waals surface area contributed by atoms with Crippen LogP contribution in [0, 0.1) is 0 Å². The summed E-state index contributed by atoms with van der Waals surface area (Å²) < 4.78 is 34.1. The van der Waals surface area contributed by atoms with E-state index in [4.69, 9.17) is 4.74 Å². The molecule has 7 heteroatoms. The summed E-state index contributed by atoms with van der Waals surface area (Å²) in [6.45, 7) is 1.66. The molecule has 1 aliphatic rings. The van der Waals surface area contributed by atoms with Crippen molar-refractivity contribution in [1.82, 2.24) is 8.87 Å². The Morgan fingerprint density at radius 2 is 1.74 bits per heavy atom. The zero-order chi connectivity index (χ0) is 18.9. The van der Waals surface area contributed by atoms with Gasteiger partial charge in [-0.1, -0.05) is 18.2 Å². The molecule has 0 atom stereocenters. The summed E-state index contributed by atoms with van der Waals surface area (Å²) >= 11 is 0. The molecule has 1 aromatic heterocycles. The number of morpholine rings is 1. The van der Waals surface area contributed by atoms with E-state index in [0.29, 0.717) is 32.0 Å². The lowest BCUT2D eigenvalue weighted by Crippen LogP contribution is -2.40. The average molecular weight is 383 g/mol. The molecule has 0 unspecified atom stereocenters. The molecule has 0 radical (unpaired) electrons. The highest BCUT2D eigenvalue weighted by atomic mass is 32.2. The number of ether oxygens (including phenoxy) is 1. The highest BCUT2D eigenvalue weighted by Crippen LogP contribution is 2.22. The van der Waals surface area contributed by atoms with Crippen LogP contribution in [0.15, 0.2) is 64.6 Å². The summed E-state index contributed by atoms with van der Waals surface area (Å²) in [6.07, 6.45) is 3.85. The minimum atomic E-state index is -3.47. The minimum Gasteiger partial charge on any atom is -0.379 e. The van der Waals surface area contributed by atoms with Crippen molar-refractivity contribution in [2.45, 2.75) is 4.90 Å². The van der Waals surface area contributed by atoms with Crippen molar-refractivity contribution in [3.8, 4) is 0 Å². The van der Waals surface area contributed by atoms with Crippen LogP contribution in [-0.4, -0.2) is 49.8 Å². The topological polar surface area (TPSA) is 63.9 Å². The lowest BCUT2D eigenvalue weighted by Gasteiger charge is -2.26. The van der Waals surface area contributed by atoms with Gasteiger partial charge >= 0.3 is 0 Å². The van der Waals surface area contributed by atoms with E-state index in [0.717, 1.165) is 16.5 Å². The van der Waals surface area contributed by atoms with Gasteiger partial charge in [0.05, 0.1) is 23.8 Å². The van der Waals surface area contributed by atoms with Crippen LogP contribution in [0.25, 0.3) is 10.9 Å². The quantitative estimate of drug-likeness (QED) is 0.651. The summed E-state index contributed by atoms with van der Waals surface area (Å²) in [4.78, 5) is 4.79. The molecule has 2 aromatic carbocycles. The van der Waals surface area contributed by atoms with Gasteiger partial charge < -0.3 is 9.30 Å². The predicted octanol–water partition coefficient (Wildman–Crippen LogP) is 2.95.